The molecule has 0 aliphatic rings. The molecule has 0 saturated carbocycles. The Morgan fingerprint density at radius 1 is 0.403 bits per heavy atom. The average molecular weight is 811 g/mol. The van der Waals surface area contributed by atoms with Crippen LogP contribution in [0.1, 0.15) is 5.56 Å². The van der Waals surface area contributed by atoms with Gasteiger partial charge in [-0.05, 0) is 66.7 Å². The highest BCUT2D eigenvalue weighted by atomic mass is 19.4. The number of fused-ring (bicyclic) bond motifs is 13. The molecule has 10 heteroatoms. The molecule has 62 heavy (non-hydrogen) atoms. The van der Waals surface area contributed by atoms with E-state index in [1.54, 1.807) is 0 Å². The summed E-state index contributed by atoms with van der Waals surface area (Å²) in [6, 6.07) is 55.7. The number of alkyl halides is 3. The summed E-state index contributed by atoms with van der Waals surface area (Å²) in [6.07, 6.45) is -4.66. The molecule has 0 amide bonds. The van der Waals surface area contributed by atoms with Crippen LogP contribution in [0.25, 0.3) is 116 Å². The zero-order valence-electron chi connectivity index (χ0n) is 32.5. The van der Waals surface area contributed by atoms with Gasteiger partial charge in [0, 0.05) is 43.3 Å². The topological polar surface area (TPSA) is 66.6 Å². The van der Waals surface area contributed by atoms with Crippen LogP contribution in [0.5, 0.6) is 0 Å². The summed E-state index contributed by atoms with van der Waals surface area (Å²) in [5.41, 5.74) is 6.22. The number of furan rings is 1. The van der Waals surface area contributed by atoms with E-state index in [9.17, 15) is 13.2 Å². The van der Waals surface area contributed by atoms with E-state index in [1.165, 1.54) is 6.07 Å². The summed E-state index contributed by atoms with van der Waals surface area (Å²) >= 11 is 0. The number of aromatic nitrogens is 6. The number of hydrogen-bond donors (Lipinski definition) is 0. The molecule has 0 saturated heterocycles. The molecule has 0 fully saturated rings. The van der Waals surface area contributed by atoms with E-state index in [0.29, 0.717) is 11.3 Å². The smallest absolute Gasteiger partial charge is 0.416 e. The van der Waals surface area contributed by atoms with Gasteiger partial charge in [0.15, 0.2) is 5.82 Å². The predicted molar refractivity (Wildman–Crippen MR) is 241 cm³/mol. The lowest BCUT2D eigenvalue weighted by Gasteiger charge is -2.17. The Kier molecular flexibility index (Phi) is 7.05. The summed E-state index contributed by atoms with van der Waals surface area (Å²) in [5, 5.41) is 7.65. The standard InChI is InChI=1S/C52H29F3N6O/c53-52(54,55)30-25-27-44(59-43-23-11-5-18-37(43)47-45(59)28-26-36-35-17-6-12-24-46(35)62-48(36)47)38(29-30)49-56-50(60-39-19-7-1-13-31(39)32-14-2-8-20-40(32)60)58-51(57-49)61-41-21-9-3-15-33(41)34-16-4-10-22-42(34)61/h1-29H. The van der Waals surface area contributed by atoms with Gasteiger partial charge in [0.25, 0.3) is 0 Å². The first kappa shape index (κ1) is 34.6. The molecule has 0 atom stereocenters. The molecule has 7 nitrogen and oxygen atoms in total. The summed E-state index contributed by atoms with van der Waals surface area (Å²) in [5.74, 6) is 0.600. The van der Waals surface area contributed by atoms with Gasteiger partial charge < -0.3 is 8.98 Å². The molecule has 0 spiro atoms. The van der Waals surface area contributed by atoms with Gasteiger partial charge in [-0.25, -0.2) is 0 Å². The van der Waals surface area contributed by atoms with E-state index in [1.807, 2.05) is 147 Å². The Morgan fingerprint density at radius 3 is 1.40 bits per heavy atom. The van der Waals surface area contributed by atoms with Gasteiger partial charge in [-0.2, -0.15) is 28.1 Å². The van der Waals surface area contributed by atoms with Crippen molar-refractivity contribution in [3.63, 3.8) is 0 Å². The largest absolute Gasteiger partial charge is 0.455 e. The number of nitrogens with zero attached hydrogens (tertiary/aromatic N) is 6. The van der Waals surface area contributed by atoms with Gasteiger partial charge in [0.1, 0.15) is 11.2 Å². The number of benzene rings is 8. The molecule has 0 N–H and O–H groups in total. The van der Waals surface area contributed by atoms with Gasteiger partial charge in [-0.15, -0.1) is 0 Å². The minimum absolute atomic E-state index is 0.0746. The second-order valence-corrected chi connectivity index (χ2v) is 15.5. The van der Waals surface area contributed by atoms with Crippen LogP contribution < -0.4 is 0 Å². The number of para-hydroxylation sites is 6. The fourth-order valence-electron chi connectivity index (χ4n) is 9.53. The molecule has 294 valence electrons. The van der Waals surface area contributed by atoms with Crippen LogP contribution >= 0.6 is 0 Å². The monoisotopic (exact) mass is 810 g/mol. The van der Waals surface area contributed by atoms with Crippen LogP contribution in [0.4, 0.5) is 13.2 Å². The lowest BCUT2D eigenvalue weighted by atomic mass is 10.1. The molecule has 0 aliphatic heterocycles. The first-order valence-electron chi connectivity index (χ1n) is 20.2. The molecule has 0 bridgehead atoms. The fourth-order valence-corrected chi connectivity index (χ4v) is 9.53. The van der Waals surface area contributed by atoms with Gasteiger partial charge in [-0.3, -0.25) is 9.13 Å². The van der Waals surface area contributed by atoms with Crippen LogP contribution in [-0.4, -0.2) is 28.7 Å². The zero-order valence-corrected chi connectivity index (χ0v) is 32.5. The summed E-state index contributed by atoms with van der Waals surface area (Å²) in [4.78, 5) is 15.6. The molecule has 5 heterocycles. The SMILES string of the molecule is FC(F)(F)c1ccc(-n2c3ccccc3c3c4oc5ccccc5c4ccc32)c(-c2nc(-n3c4ccccc4c4ccccc43)nc(-n3c4ccccc4c4ccccc43)n2)c1. The molecule has 5 aromatic heterocycles. The Balaban J connectivity index is 1.17. The van der Waals surface area contributed by atoms with Gasteiger partial charge in [-0.1, -0.05) is 109 Å². The van der Waals surface area contributed by atoms with Crippen LogP contribution in [-0.2, 0) is 6.18 Å². The predicted octanol–water partition coefficient (Wildman–Crippen LogP) is 13.7. The third-order valence-electron chi connectivity index (χ3n) is 12.2. The van der Waals surface area contributed by atoms with Crippen molar-refractivity contribution in [1.29, 1.82) is 0 Å². The normalized spacial score (nSPS) is 12.4. The maximum Gasteiger partial charge on any atom is 0.416 e. The van der Waals surface area contributed by atoms with E-state index in [-0.39, 0.29) is 23.3 Å². The van der Waals surface area contributed by atoms with Crippen molar-refractivity contribution < 1.29 is 17.6 Å². The minimum atomic E-state index is -4.66. The molecule has 0 radical (unpaired) electrons. The Labute approximate surface area is 349 Å². The fraction of sp³-hybridized carbons (Fsp3) is 0.0192. The lowest BCUT2D eigenvalue weighted by molar-refractivity contribution is -0.137. The maximum atomic E-state index is 15.0. The first-order valence-corrected chi connectivity index (χ1v) is 20.2. The van der Waals surface area contributed by atoms with Gasteiger partial charge >= 0.3 is 6.18 Å². The third-order valence-corrected chi connectivity index (χ3v) is 12.2. The van der Waals surface area contributed by atoms with Crippen molar-refractivity contribution in [3.8, 4) is 29.0 Å². The molecular weight excluding hydrogens is 782 g/mol. The molecular formula is C52H29F3N6O. The minimum Gasteiger partial charge on any atom is -0.455 e. The number of hydrogen-bond acceptors (Lipinski definition) is 4. The molecule has 13 rings (SSSR count). The highest BCUT2D eigenvalue weighted by molar-refractivity contribution is 6.24. The van der Waals surface area contributed by atoms with E-state index in [2.05, 4.69) is 24.3 Å². The van der Waals surface area contributed by atoms with Crippen molar-refractivity contribution in [2.45, 2.75) is 6.18 Å². The second-order valence-electron chi connectivity index (χ2n) is 15.5. The summed E-state index contributed by atoms with van der Waals surface area (Å²) in [7, 11) is 0. The van der Waals surface area contributed by atoms with Crippen LogP contribution in [0, 0.1) is 0 Å². The Hall–Kier alpha value is -8.24. The first-order chi connectivity index (χ1) is 30.4. The van der Waals surface area contributed by atoms with Crippen molar-refractivity contribution in [1.82, 2.24) is 28.7 Å². The number of rotatable bonds is 4. The molecule has 0 aliphatic carbocycles. The average Bonchev–Trinajstić information content (AvgIpc) is 4.05. The highest BCUT2D eigenvalue weighted by Crippen LogP contribution is 2.44. The molecule has 13 aromatic rings. The van der Waals surface area contributed by atoms with Gasteiger partial charge in [0.05, 0.1) is 49.7 Å². The van der Waals surface area contributed by atoms with Crippen molar-refractivity contribution in [2.24, 2.45) is 0 Å². The third kappa shape index (κ3) is 4.85. The van der Waals surface area contributed by atoms with Crippen LogP contribution in [0.2, 0.25) is 0 Å². The van der Waals surface area contributed by atoms with Crippen molar-refractivity contribution >= 4 is 87.4 Å². The lowest BCUT2D eigenvalue weighted by Crippen LogP contribution is -2.12. The Morgan fingerprint density at radius 2 is 0.871 bits per heavy atom. The Bertz CT molecular complexity index is 3760. The maximum absolute atomic E-state index is 15.0. The van der Waals surface area contributed by atoms with Crippen molar-refractivity contribution in [3.05, 3.63) is 181 Å². The summed E-state index contributed by atoms with van der Waals surface area (Å²) < 4.78 is 57.4. The highest BCUT2D eigenvalue weighted by Gasteiger charge is 2.33. The van der Waals surface area contributed by atoms with E-state index < -0.39 is 11.7 Å². The summed E-state index contributed by atoms with van der Waals surface area (Å²) in [6.45, 7) is 0. The second kappa shape index (κ2) is 12.6. The van der Waals surface area contributed by atoms with Crippen molar-refractivity contribution in [2.75, 3.05) is 0 Å². The molecule has 8 aromatic carbocycles. The molecule has 0 unspecified atom stereocenters. The van der Waals surface area contributed by atoms with Crippen LogP contribution in [0.15, 0.2) is 180 Å². The van der Waals surface area contributed by atoms with Crippen LogP contribution in [0.3, 0.4) is 0 Å². The van der Waals surface area contributed by atoms with E-state index in [4.69, 9.17) is 19.4 Å². The van der Waals surface area contributed by atoms with E-state index >= 15 is 0 Å². The zero-order chi connectivity index (χ0) is 41.3. The quantitative estimate of drug-likeness (QED) is 0.178. The van der Waals surface area contributed by atoms with E-state index in [0.717, 1.165) is 93.9 Å². The number of halogens is 3. The van der Waals surface area contributed by atoms with Gasteiger partial charge in [0.2, 0.25) is 11.9 Å².